The van der Waals surface area contributed by atoms with E-state index in [1.807, 2.05) is 10.9 Å². The lowest BCUT2D eigenvalue weighted by Crippen LogP contribution is -3.00. The van der Waals surface area contributed by atoms with Gasteiger partial charge in [0, 0.05) is 12.2 Å². The van der Waals surface area contributed by atoms with Gasteiger partial charge in [0.25, 0.3) is 6.33 Å². The molecule has 0 radical (unpaired) electrons. The molecular formula is C38H76BrN3O17. The van der Waals surface area contributed by atoms with Crippen LogP contribution in [0.5, 0.6) is 0 Å². The first-order chi connectivity index (χ1) is 28.9. The van der Waals surface area contributed by atoms with Crippen molar-refractivity contribution < 1.29 is 102 Å². The summed E-state index contributed by atoms with van der Waals surface area (Å²) in [5, 5.41) is 4.19. The van der Waals surface area contributed by atoms with Crippen LogP contribution in [-0.2, 0) is 93.8 Å². The first kappa shape index (κ1) is 57.9. The molecule has 0 spiro atoms. The number of halogens is 1. The molecule has 1 aromatic rings. The molecule has 0 unspecified atom stereocenters. The molecule has 0 saturated carbocycles. The monoisotopic (exact) mass is 925 g/mol. The number of hydrogen-bond acceptors (Lipinski definition) is 18. The van der Waals surface area contributed by atoms with Gasteiger partial charge in [0.1, 0.15) is 0 Å². The highest BCUT2D eigenvalue weighted by Crippen LogP contribution is 1.89. The lowest BCUT2D eigenvalue weighted by atomic mass is 10.6. The zero-order chi connectivity index (χ0) is 41.3. The fourth-order valence-corrected chi connectivity index (χ4v) is 4.19. The van der Waals surface area contributed by atoms with E-state index >= 15 is 0 Å². The number of rotatable bonds is 51. The summed E-state index contributed by atoms with van der Waals surface area (Å²) in [6.07, 6.45) is 3.67. The zero-order valence-corrected chi connectivity index (χ0v) is 37.4. The van der Waals surface area contributed by atoms with E-state index in [-0.39, 0.29) is 17.0 Å². The summed E-state index contributed by atoms with van der Waals surface area (Å²) in [7, 11) is 1.64. The number of methoxy groups -OCH3 is 1. The minimum Gasteiger partial charge on any atom is -1.00 e. The van der Waals surface area contributed by atoms with Gasteiger partial charge < -0.3 is 97.5 Å². The van der Waals surface area contributed by atoms with Crippen LogP contribution in [0.4, 0.5) is 0 Å². The molecule has 0 aromatic carbocycles. The molecule has 0 N–H and O–H groups in total. The molecule has 1 aromatic heterocycles. The van der Waals surface area contributed by atoms with Crippen molar-refractivity contribution in [2.24, 2.45) is 0 Å². The Morgan fingerprint density at radius 1 is 0.339 bits per heavy atom. The van der Waals surface area contributed by atoms with Gasteiger partial charge in [-0.15, -0.1) is 0 Å². The summed E-state index contributed by atoms with van der Waals surface area (Å²) in [6.45, 7) is 19.8. The molecule has 352 valence electrons. The SMILES string of the molecule is CC[n+]1cnn(COCCOCCOCCOCCOCCOCCOCCOCCOCCOCCOCCOCCOCCOCCOCCOCCOC)c1.[Br-]. The minimum atomic E-state index is 0. The second kappa shape index (κ2) is 51.3. The number of aromatic nitrogens is 3. The molecule has 0 aliphatic heterocycles. The molecule has 1 rings (SSSR count). The predicted molar refractivity (Wildman–Crippen MR) is 208 cm³/mol. The molecule has 21 heteroatoms. The molecule has 20 nitrogen and oxygen atoms in total. The van der Waals surface area contributed by atoms with Gasteiger partial charge in [0.05, 0.1) is 218 Å². The van der Waals surface area contributed by atoms with Gasteiger partial charge in [0.2, 0.25) is 13.1 Å². The van der Waals surface area contributed by atoms with Crippen molar-refractivity contribution >= 4 is 0 Å². The standard InChI is InChI=1S/C38H76N3O17.BrH/c1-3-40-36-39-41(37-40)38-58-35-34-57-33-32-56-31-30-55-29-28-54-27-26-53-25-24-52-23-22-51-21-20-50-19-18-49-17-16-48-15-14-47-13-12-46-11-10-45-9-8-44-7-6-43-5-4-42-2;/h36-37H,3-35,38H2,1-2H3;1H/q+1;/p-1. The highest BCUT2D eigenvalue weighted by Gasteiger charge is 2.03. The topological polar surface area (TPSA) is 179 Å². The number of hydrogen-bond donors (Lipinski definition) is 0. The van der Waals surface area contributed by atoms with E-state index in [0.717, 1.165) is 6.54 Å². The average Bonchev–Trinajstić information content (AvgIpc) is 3.71. The van der Waals surface area contributed by atoms with Gasteiger partial charge in [-0.25, -0.2) is 4.57 Å². The molecule has 0 bridgehead atoms. The van der Waals surface area contributed by atoms with Crippen LogP contribution in [0.25, 0.3) is 0 Å². The fraction of sp³-hybridized carbons (Fsp3) is 0.947. The highest BCUT2D eigenvalue weighted by atomic mass is 79.9. The second-order valence-electron chi connectivity index (χ2n) is 11.8. The van der Waals surface area contributed by atoms with Crippen LogP contribution < -0.4 is 21.5 Å². The summed E-state index contributed by atoms with van der Waals surface area (Å²) >= 11 is 0. The third-order valence-electron chi connectivity index (χ3n) is 7.23. The fourth-order valence-electron chi connectivity index (χ4n) is 4.19. The quantitative estimate of drug-likeness (QED) is 0.0479. The molecule has 0 saturated heterocycles. The Kier molecular flexibility index (Phi) is 50.4. The largest absolute Gasteiger partial charge is 1.00 e. The van der Waals surface area contributed by atoms with Crippen LogP contribution in [-0.4, -0.2) is 228 Å². The van der Waals surface area contributed by atoms with E-state index in [1.165, 1.54) is 0 Å². The summed E-state index contributed by atoms with van der Waals surface area (Å²) < 4.78 is 96.2. The lowest BCUT2D eigenvalue weighted by Gasteiger charge is -2.09. The van der Waals surface area contributed by atoms with E-state index < -0.39 is 0 Å². The molecule has 0 fully saturated rings. The summed E-state index contributed by atoms with van der Waals surface area (Å²) in [5.74, 6) is 0. The van der Waals surface area contributed by atoms with E-state index in [9.17, 15) is 0 Å². The zero-order valence-electron chi connectivity index (χ0n) is 35.9. The lowest BCUT2D eigenvalue weighted by molar-refractivity contribution is -0.694. The Labute approximate surface area is 362 Å². The van der Waals surface area contributed by atoms with Crippen molar-refractivity contribution in [2.75, 3.05) is 219 Å². The third kappa shape index (κ3) is 46.3. The van der Waals surface area contributed by atoms with Crippen LogP contribution in [0.15, 0.2) is 12.7 Å². The first-order valence-corrected chi connectivity index (χ1v) is 20.5. The molecule has 0 atom stereocenters. The Balaban J connectivity index is 0.0000336. The second-order valence-corrected chi connectivity index (χ2v) is 11.8. The van der Waals surface area contributed by atoms with Crippen molar-refractivity contribution in [1.29, 1.82) is 0 Å². The van der Waals surface area contributed by atoms with E-state index in [2.05, 4.69) is 12.0 Å². The van der Waals surface area contributed by atoms with E-state index in [4.69, 9.17) is 80.5 Å². The van der Waals surface area contributed by atoms with Gasteiger partial charge in [-0.2, -0.15) is 0 Å². The Morgan fingerprint density at radius 2 is 0.542 bits per heavy atom. The van der Waals surface area contributed by atoms with Crippen molar-refractivity contribution in [3.8, 4) is 0 Å². The smallest absolute Gasteiger partial charge is 0.265 e. The third-order valence-corrected chi connectivity index (χ3v) is 7.23. The van der Waals surface area contributed by atoms with Crippen molar-refractivity contribution in [2.45, 2.75) is 20.2 Å². The average molecular weight is 927 g/mol. The molecular weight excluding hydrogens is 850 g/mol. The van der Waals surface area contributed by atoms with E-state index in [0.29, 0.717) is 218 Å². The van der Waals surface area contributed by atoms with Crippen LogP contribution >= 0.6 is 0 Å². The summed E-state index contributed by atoms with van der Waals surface area (Å²) in [5.41, 5.74) is 0. The van der Waals surface area contributed by atoms with Crippen LogP contribution in [0, 0.1) is 0 Å². The maximum Gasteiger partial charge on any atom is 0.265 e. The Morgan fingerprint density at radius 3 is 0.729 bits per heavy atom. The number of nitrogens with zero attached hydrogens (tertiary/aromatic N) is 3. The Hall–Kier alpha value is -1.06. The van der Waals surface area contributed by atoms with Crippen LogP contribution in [0.2, 0.25) is 0 Å². The van der Waals surface area contributed by atoms with Crippen molar-refractivity contribution in [3.63, 3.8) is 0 Å². The maximum absolute atomic E-state index is 5.52. The van der Waals surface area contributed by atoms with Gasteiger partial charge in [-0.3, -0.25) is 0 Å². The first-order valence-electron chi connectivity index (χ1n) is 20.5. The van der Waals surface area contributed by atoms with Crippen molar-refractivity contribution in [1.82, 2.24) is 9.78 Å². The highest BCUT2D eigenvalue weighted by molar-refractivity contribution is 4.43. The number of aryl methyl sites for hydroxylation is 1. The summed E-state index contributed by atoms with van der Waals surface area (Å²) in [4.78, 5) is 0. The van der Waals surface area contributed by atoms with Crippen LogP contribution in [0.3, 0.4) is 0 Å². The molecule has 1 heterocycles. The summed E-state index contributed by atoms with van der Waals surface area (Å²) in [6, 6.07) is 0. The predicted octanol–water partition coefficient (Wildman–Crippen LogP) is -2.94. The van der Waals surface area contributed by atoms with Crippen LogP contribution in [0.1, 0.15) is 6.92 Å². The van der Waals surface area contributed by atoms with E-state index in [1.54, 1.807) is 18.1 Å². The van der Waals surface area contributed by atoms with Gasteiger partial charge in [-0.1, -0.05) is 4.68 Å². The van der Waals surface area contributed by atoms with Crippen molar-refractivity contribution in [3.05, 3.63) is 12.7 Å². The maximum atomic E-state index is 5.52. The molecule has 0 aliphatic rings. The number of ether oxygens (including phenoxy) is 17. The Bertz CT molecular complexity index is 919. The minimum absolute atomic E-state index is 0. The van der Waals surface area contributed by atoms with Gasteiger partial charge in [0.15, 0.2) is 0 Å². The molecule has 59 heavy (non-hydrogen) atoms. The molecule has 0 aliphatic carbocycles. The molecule has 0 amide bonds. The van der Waals surface area contributed by atoms with Gasteiger partial charge in [-0.05, 0) is 6.92 Å². The van der Waals surface area contributed by atoms with Gasteiger partial charge >= 0.3 is 0 Å². The normalized spacial score (nSPS) is 11.5.